The Bertz CT molecular complexity index is 371. The molecule has 0 radical (unpaired) electrons. The molecule has 0 aliphatic carbocycles. The van der Waals surface area contributed by atoms with Crippen molar-refractivity contribution in [3.05, 3.63) is 34.1 Å². The van der Waals surface area contributed by atoms with E-state index < -0.39 is 0 Å². The normalized spacial score (nSPS) is 10.2. The topological polar surface area (TPSA) is 49.3 Å². The molecule has 0 bridgehead atoms. The second kappa shape index (κ2) is 6.60. The zero-order valence-electron chi connectivity index (χ0n) is 8.67. The van der Waals surface area contributed by atoms with Gasteiger partial charge in [0.15, 0.2) is 0 Å². The van der Waals surface area contributed by atoms with E-state index in [1.807, 2.05) is 0 Å². The average Bonchev–Trinajstić information content (AvgIpc) is 2.27. The van der Waals surface area contributed by atoms with Crippen LogP contribution < -0.4 is 5.32 Å². The van der Waals surface area contributed by atoms with Gasteiger partial charge in [0.2, 0.25) is 5.91 Å². The number of benzene rings is 1. The fraction of sp³-hybridized carbons (Fsp3) is 0.364. The minimum Gasteiger partial charge on any atom is -0.396 e. The van der Waals surface area contributed by atoms with Gasteiger partial charge in [-0.25, -0.2) is 4.39 Å². The molecular formula is C11H13BrFNO2. The summed E-state index contributed by atoms with van der Waals surface area (Å²) in [6, 6.07) is 4.58. The zero-order valence-corrected chi connectivity index (χ0v) is 10.3. The van der Waals surface area contributed by atoms with Gasteiger partial charge < -0.3 is 10.4 Å². The summed E-state index contributed by atoms with van der Waals surface area (Å²) in [6.45, 7) is 0.147. The second-order valence-corrected chi connectivity index (χ2v) is 4.26. The van der Waals surface area contributed by atoms with Crippen LogP contribution in [0, 0.1) is 5.82 Å². The summed E-state index contributed by atoms with van der Waals surface area (Å²) in [5, 5.41) is 11.1. The molecule has 16 heavy (non-hydrogen) atoms. The number of carbonyl (C=O) groups is 1. The van der Waals surface area contributed by atoms with Crippen molar-refractivity contribution in [3.63, 3.8) is 0 Å². The van der Waals surface area contributed by atoms with Crippen LogP contribution in [0.2, 0.25) is 0 Å². The predicted molar refractivity (Wildman–Crippen MR) is 62.3 cm³/mol. The van der Waals surface area contributed by atoms with Gasteiger partial charge >= 0.3 is 0 Å². The molecule has 1 aromatic carbocycles. The maximum atomic E-state index is 13.3. The molecule has 0 atom stereocenters. The van der Waals surface area contributed by atoms with Crippen molar-refractivity contribution >= 4 is 21.8 Å². The third-order valence-electron chi connectivity index (χ3n) is 2.05. The first-order valence-electron chi connectivity index (χ1n) is 4.95. The van der Waals surface area contributed by atoms with Crippen molar-refractivity contribution in [2.45, 2.75) is 19.4 Å². The Hall–Kier alpha value is -0.940. The summed E-state index contributed by atoms with van der Waals surface area (Å²) in [6.07, 6.45) is 0.679. The van der Waals surface area contributed by atoms with E-state index in [0.29, 0.717) is 12.0 Å². The van der Waals surface area contributed by atoms with E-state index in [4.69, 9.17) is 5.11 Å². The second-order valence-electron chi connectivity index (χ2n) is 3.34. The molecule has 3 nitrogen and oxygen atoms in total. The molecule has 1 aromatic rings. The first-order valence-corrected chi connectivity index (χ1v) is 5.74. The van der Waals surface area contributed by atoms with E-state index in [0.717, 1.165) is 4.47 Å². The molecule has 0 aliphatic heterocycles. The summed E-state index contributed by atoms with van der Waals surface area (Å²) in [7, 11) is 0. The van der Waals surface area contributed by atoms with Gasteiger partial charge in [-0.05, 0) is 24.6 Å². The van der Waals surface area contributed by atoms with Crippen LogP contribution in [0.4, 0.5) is 4.39 Å². The van der Waals surface area contributed by atoms with E-state index in [9.17, 15) is 9.18 Å². The Morgan fingerprint density at radius 1 is 1.50 bits per heavy atom. The van der Waals surface area contributed by atoms with E-state index in [2.05, 4.69) is 21.2 Å². The Balaban J connectivity index is 2.47. The van der Waals surface area contributed by atoms with Gasteiger partial charge in [0.05, 0.1) is 0 Å². The number of aliphatic hydroxyl groups excluding tert-OH is 1. The van der Waals surface area contributed by atoms with Gasteiger partial charge in [0.25, 0.3) is 0 Å². The third-order valence-corrected chi connectivity index (χ3v) is 2.54. The Kier molecular flexibility index (Phi) is 5.42. The smallest absolute Gasteiger partial charge is 0.220 e. The highest BCUT2D eigenvalue weighted by Gasteiger charge is 2.05. The number of rotatable bonds is 5. The van der Waals surface area contributed by atoms with Crippen molar-refractivity contribution in [3.8, 4) is 0 Å². The highest BCUT2D eigenvalue weighted by atomic mass is 79.9. The monoisotopic (exact) mass is 289 g/mol. The molecule has 0 fully saturated rings. The van der Waals surface area contributed by atoms with Crippen molar-refractivity contribution in [2.75, 3.05) is 6.61 Å². The van der Waals surface area contributed by atoms with Crippen LogP contribution in [0.25, 0.3) is 0 Å². The van der Waals surface area contributed by atoms with Crippen LogP contribution in [-0.2, 0) is 11.3 Å². The van der Waals surface area contributed by atoms with E-state index in [1.165, 1.54) is 6.07 Å². The largest absolute Gasteiger partial charge is 0.396 e. The fourth-order valence-electron chi connectivity index (χ4n) is 1.20. The molecule has 1 amide bonds. The number of aliphatic hydroxyl groups is 1. The van der Waals surface area contributed by atoms with Gasteiger partial charge in [0, 0.05) is 29.6 Å². The Morgan fingerprint density at radius 3 is 2.94 bits per heavy atom. The summed E-state index contributed by atoms with van der Waals surface area (Å²) in [5.41, 5.74) is 0.437. The lowest BCUT2D eigenvalue weighted by Crippen LogP contribution is -2.23. The minimum absolute atomic E-state index is 0.0152. The first kappa shape index (κ1) is 13.1. The van der Waals surface area contributed by atoms with Gasteiger partial charge in [-0.1, -0.05) is 15.9 Å². The third kappa shape index (κ3) is 4.28. The van der Waals surface area contributed by atoms with Crippen LogP contribution in [-0.4, -0.2) is 17.6 Å². The van der Waals surface area contributed by atoms with E-state index in [-0.39, 0.29) is 31.3 Å². The van der Waals surface area contributed by atoms with Gasteiger partial charge in [-0.15, -0.1) is 0 Å². The van der Waals surface area contributed by atoms with Gasteiger partial charge in [-0.2, -0.15) is 0 Å². The number of halogens is 2. The molecule has 5 heteroatoms. The van der Waals surface area contributed by atoms with Crippen LogP contribution in [0.5, 0.6) is 0 Å². The molecule has 1 rings (SSSR count). The molecule has 88 valence electrons. The standard InChI is InChI=1S/C11H13BrFNO2/c12-9-3-4-10(13)8(6-9)7-14-11(16)2-1-5-15/h3-4,6,15H,1-2,5,7H2,(H,14,16). The molecule has 0 aliphatic rings. The number of hydrogen-bond donors (Lipinski definition) is 2. The highest BCUT2D eigenvalue weighted by molar-refractivity contribution is 9.10. The highest BCUT2D eigenvalue weighted by Crippen LogP contribution is 2.15. The molecule has 0 saturated heterocycles. The molecule has 0 saturated carbocycles. The molecule has 0 spiro atoms. The quantitative estimate of drug-likeness (QED) is 0.871. The molecule has 0 unspecified atom stereocenters. The molecule has 2 N–H and O–H groups in total. The number of nitrogens with one attached hydrogen (secondary N) is 1. The summed E-state index contributed by atoms with van der Waals surface area (Å²) in [5.74, 6) is -0.529. The van der Waals surface area contributed by atoms with Crippen LogP contribution in [0.1, 0.15) is 18.4 Å². The van der Waals surface area contributed by atoms with Gasteiger partial charge in [0.1, 0.15) is 5.82 Å². The summed E-state index contributed by atoms with van der Waals surface area (Å²) >= 11 is 3.23. The number of hydrogen-bond acceptors (Lipinski definition) is 2. The van der Waals surface area contributed by atoms with Crippen molar-refractivity contribution < 1.29 is 14.3 Å². The van der Waals surface area contributed by atoms with Crippen molar-refractivity contribution in [2.24, 2.45) is 0 Å². The summed E-state index contributed by atoms with van der Waals surface area (Å²) in [4.78, 5) is 11.2. The van der Waals surface area contributed by atoms with Crippen LogP contribution in [0.15, 0.2) is 22.7 Å². The van der Waals surface area contributed by atoms with Crippen molar-refractivity contribution in [1.82, 2.24) is 5.32 Å². The molecule has 0 aromatic heterocycles. The van der Waals surface area contributed by atoms with Crippen LogP contribution >= 0.6 is 15.9 Å². The lowest BCUT2D eigenvalue weighted by atomic mass is 10.2. The summed E-state index contributed by atoms with van der Waals surface area (Å²) < 4.78 is 14.0. The minimum atomic E-state index is -0.342. The maximum absolute atomic E-state index is 13.3. The van der Waals surface area contributed by atoms with E-state index in [1.54, 1.807) is 12.1 Å². The van der Waals surface area contributed by atoms with Crippen molar-refractivity contribution in [1.29, 1.82) is 0 Å². The number of carbonyl (C=O) groups excluding carboxylic acids is 1. The molecule has 0 heterocycles. The lowest BCUT2D eigenvalue weighted by molar-refractivity contribution is -0.121. The maximum Gasteiger partial charge on any atom is 0.220 e. The predicted octanol–water partition coefficient (Wildman–Crippen LogP) is 1.98. The average molecular weight is 290 g/mol. The SMILES string of the molecule is O=C(CCCO)NCc1cc(Br)ccc1F. The molecular weight excluding hydrogens is 277 g/mol. The first-order chi connectivity index (χ1) is 7.63. The van der Waals surface area contributed by atoms with E-state index >= 15 is 0 Å². The van der Waals surface area contributed by atoms with Gasteiger partial charge in [-0.3, -0.25) is 4.79 Å². The lowest BCUT2D eigenvalue weighted by Gasteiger charge is -2.06. The number of amides is 1. The fourth-order valence-corrected chi connectivity index (χ4v) is 1.61. The zero-order chi connectivity index (χ0) is 12.0. The Morgan fingerprint density at radius 2 is 2.25 bits per heavy atom. The Labute approximate surface area is 102 Å². The van der Waals surface area contributed by atoms with Crippen LogP contribution in [0.3, 0.4) is 0 Å².